The highest BCUT2D eigenvalue weighted by Gasteiger charge is 2.22. The quantitative estimate of drug-likeness (QED) is 0.687. The average Bonchev–Trinajstić information content (AvgIpc) is 2.92. The Morgan fingerprint density at radius 3 is 2.00 bits per heavy atom. The molecular weight excluding hydrogens is 272 g/mol. The number of allylic oxidation sites excluding steroid dienone is 1. The summed E-state index contributed by atoms with van der Waals surface area (Å²) in [6.45, 7) is 0. The fourth-order valence-corrected chi connectivity index (χ4v) is 4.30. The Bertz CT molecular complexity index is 674. The van der Waals surface area contributed by atoms with Crippen molar-refractivity contribution in [3.05, 3.63) is 21.9 Å². The maximum atomic E-state index is 8.83. The van der Waals surface area contributed by atoms with E-state index >= 15 is 0 Å². The maximum Gasteiger partial charge on any atom is 0.150 e. The molecule has 80 valence electrons. The van der Waals surface area contributed by atoms with Crippen LogP contribution in [-0.2, 0) is 0 Å². The summed E-state index contributed by atoms with van der Waals surface area (Å²) in [7, 11) is 0. The lowest BCUT2D eigenvalue weighted by atomic mass is 10.3. The van der Waals surface area contributed by atoms with Crippen LogP contribution in [-0.4, -0.2) is 8.75 Å². The zero-order valence-corrected chi connectivity index (χ0v) is 10.6. The fourth-order valence-electron chi connectivity index (χ4n) is 1.39. The number of nitriles is 2. The first kappa shape index (κ1) is 10.6. The van der Waals surface area contributed by atoms with Gasteiger partial charge in [-0.2, -0.15) is 19.3 Å². The molecule has 2 heterocycles. The topological polar surface area (TPSA) is 73.4 Å². The molecule has 7 heteroatoms. The van der Waals surface area contributed by atoms with Crippen molar-refractivity contribution in [2.24, 2.45) is 0 Å². The van der Waals surface area contributed by atoms with E-state index < -0.39 is 0 Å². The molecule has 0 N–H and O–H groups in total. The molecule has 0 bridgehead atoms. The number of hydrogen-bond acceptors (Lipinski definition) is 7. The fraction of sp³-hybridized carbons (Fsp3) is 0. The first-order valence-corrected chi connectivity index (χ1v) is 6.84. The van der Waals surface area contributed by atoms with Crippen molar-refractivity contribution in [1.82, 2.24) is 8.75 Å². The Morgan fingerprint density at radius 2 is 1.53 bits per heavy atom. The third-order valence-electron chi connectivity index (χ3n) is 2.15. The smallest absolute Gasteiger partial charge is 0.150 e. The summed E-state index contributed by atoms with van der Waals surface area (Å²) in [6.07, 6.45) is 0. The molecular formula is C10H2N4S3. The van der Waals surface area contributed by atoms with Crippen molar-refractivity contribution in [1.29, 1.82) is 10.5 Å². The Hall–Kier alpha value is -1.54. The van der Waals surface area contributed by atoms with Gasteiger partial charge in [0.25, 0.3) is 0 Å². The largest absolute Gasteiger partial charge is 0.192 e. The molecule has 1 aromatic heterocycles. The van der Waals surface area contributed by atoms with Crippen molar-refractivity contribution in [2.45, 2.75) is 9.79 Å². The number of rotatable bonds is 0. The van der Waals surface area contributed by atoms with E-state index in [4.69, 9.17) is 10.5 Å². The summed E-state index contributed by atoms with van der Waals surface area (Å²) in [5.74, 6) is 0. The molecule has 17 heavy (non-hydrogen) atoms. The van der Waals surface area contributed by atoms with Gasteiger partial charge in [-0.15, -0.1) is 0 Å². The van der Waals surface area contributed by atoms with E-state index in [2.05, 4.69) is 8.75 Å². The molecule has 0 fully saturated rings. The second-order valence-electron chi connectivity index (χ2n) is 3.14. The highest BCUT2D eigenvalue weighted by Crippen LogP contribution is 2.52. The van der Waals surface area contributed by atoms with Gasteiger partial charge in [0.2, 0.25) is 0 Å². The Kier molecular flexibility index (Phi) is 2.52. The van der Waals surface area contributed by atoms with Crippen LogP contribution in [0, 0.1) is 22.7 Å². The predicted octanol–water partition coefficient (Wildman–Crippen LogP) is 3.15. The van der Waals surface area contributed by atoms with Crippen LogP contribution >= 0.6 is 35.3 Å². The van der Waals surface area contributed by atoms with Gasteiger partial charge in [0.05, 0.1) is 16.0 Å². The summed E-state index contributed by atoms with van der Waals surface area (Å²) in [5.41, 5.74) is 1.89. The van der Waals surface area contributed by atoms with Gasteiger partial charge in [0.15, 0.2) is 0 Å². The second kappa shape index (κ2) is 4.04. The van der Waals surface area contributed by atoms with E-state index in [1.165, 1.54) is 35.3 Å². The molecule has 1 aromatic carbocycles. The molecule has 0 saturated carbocycles. The number of aromatic nitrogens is 2. The molecule has 0 radical (unpaired) electrons. The van der Waals surface area contributed by atoms with Crippen LogP contribution in [0.4, 0.5) is 0 Å². The van der Waals surface area contributed by atoms with Gasteiger partial charge in [0, 0.05) is 9.79 Å². The minimum Gasteiger partial charge on any atom is -0.192 e. The summed E-state index contributed by atoms with van der Waals surface area (Å²) in [4.78, 5) is 2.07. The van der Waals surface area contributed by atoms with Crippen LogP contribution in [0.1, 0.15) is 0 Å². The molecule has 3 rings (SSSR count). The van der Waals surface area contributed by atoms with Gasteiger partial charge in [0.1, 0.15) is 28.7 Å². The lowest BCUT2D eigenvalue weighted by Gasteiger charge is -1.93. The van der Waals surface area contributed by atoms with Crippen LogP contribution < -0.4 is 0 Å². The summed E-state index contributed by atoms with van der Waals surface area (Å²) < 4.78 is 9.07. The first-order chi connectivity index (χ1) is 8.31. The molecule has 0 aliphatic carbocycles. The van der Waals surface area contributed by atoms with E-state index in [0.29, 0.717) is 0 Å². The normalized spacial score (nSPS) is 13.2. The second-order valence-corrected chi connectivity index (χ2v) is 6.03. The van der Waals surface area contributed by atoms with Gasteiger partial charge in [-0.25, -0.2) is 0 Å². The van der Waals surface area contributed by atoms with Crippen molar-refractivity contribution < 1.29 is 0 Å². The van der Waals surface area contributed by atoms with E-state index in [-0.39, 0.29) is 5.57 Å². The Morgan fingerprint density at radius 1 is 1.00 bits per heavy atom. The molecule has 0 unspecified atom stereocenters. The minimum atomic E-state index is 0.166. The zero-order chi connectivity index (χ0) is 11.8. The van der Waals surface area contributed by atoms with Crippen LogP contribution in [0.25, 0.3) is 11.0 Å². The van der Waals surface area contributed by atoms with Crippen molar-refractivity contribution >= 4 is 46.3 Å². The molecule has 0 atom stereocenters. The number of thioether (sulfide) groups is 2. The molecule has 1 aliphatic heterocycles. The molecule has 1 aliphatic rings. The van der Waals surface area contributed by atoms with Gasteiger partial charge in [-0.05, 0) is 12.1 Å². The number of fused-ring (bicyclic) bond motifs is 2. The van der Waals surface area contributed by atoms with Crippen LogP contribution in [0.5, 0.6) is 0 Å². The predicted molar refractivity (Wildman–Crippen MR) is 67.4 cm³/mol. The Balaban J connectivity index is 2.13. The van der Waals surface area contributed by atoms with Gasteiger partial charge < -0.3 is 0 Å². The number of nitrogens with zero attached hydrogens (tertiary/aromatic N) is 4. The van der Waals surface area contributed by atoms with Gasteiger partial charge >= 0.3 is 0 Å². The van der Waals surface area contributed by atoms with Gasteiger partial charge in [-0.1, -0.05) is 23.5 Å². The molecule has 0 amide bonds. The molecule has 0 spiro atoms. The monoisotopic (exact) mass is 274 g/mol. The van der Waals surface area contributed by atoms with E-state index in [1.807, 2.05) is 24.3 Å². The summed E-state index contributed by atoms with van der Waals surface area (Å²) in [5, 5.41) is 17.7. The first-order valence-electron chi connectivity index (χ1n) is 4.48. The maximum absolute atomic E-state index is 8.83. The van der Waals surface area contributed by atoms with E-state index in [1.54, 1.807) is 0 Å². The van der Waals surface area contributed by atoms with E-state index in [0.717, 1.165) is 25.1 Å². The molecule has 2 aromatic rings. The Labute approximate surface area is 109 Å². The molecule has 0 saturated heterocycles. The van der Waals surface area contributed by atoms with Crippen LogP contribution in [0.2, 0.25) is 0 Å². The SMILES string of the molecule is N#CC(C#N)=C1Sc2cc3nsnc3cc2S1. The average molecular weight is 274 g/mol. The van der Waals surface area contributed by atoms with Crippen LogP contribution in [0.3, 0.4) is 0 Å². The number of hydrogen-bond donors (Lipinski definition) is 0. The van der Waals surface area contributed by atoms with Crippen molar-refractivity contribution in [3.8, 4) is 12.1 Å². The highest BCUT2D eigenvalue weighted by atomic mass is 32.2. The number of benzene rings is 1. The van der Waals surface area contributed by atoms with Crippen LogP contribution in [0.15, 0.2) is 31.7 Å². The molecule has 4 nitrogen and oxygen atoms in total. The van der Waals surface area contributed by atoms with Crippen molar-refractivity contribution in [2.75, 3.05) is 0 Å². The zero-order valence-electron chi connectivity index (χ0n) is 8.17. The lowest BCUT2D eigenvalue weighted by molar-refractivity contribution is 1.29. The summed E-state index contributed by atoms with van der Waals surface area (Å²) >= 11 is 4.08. The summed E-state index contributed by atoms with van der Waals surface area (Å²) in [6, 6.07) is 7.72. The third kappa shape index (κ3) is 1.69. The van der Waals surface area contributed by atoms with Crippen molar-refractivity contribution in [3.63, 3.8) is 0 Å². The van der Waals surface area contributed by atoms with E-state index in [9.17, 15) is 0 Å². The standard InChI is InChI=1S/C10H2N4S3/c11-3-5(4-12)10-15-8-1-6-7(14-17-13-6)2-9(8)16-10/h1-2H. The third-order valence-corrected chi connectivity index (χ3v) is 5.23. The minimum absolute atomic E-state index is 0.166. The lowest BCUT2D eigenvalue weighted by Crippen LogP contribution is -1.73. The van der Waals surface area contributed by atoms with Gasteiger partial charge in [-0.3, -0.25) is 0 Å². The highest BCUT2D eigenvalue weighted by molar-refractivity contribution is 8.24.